The van der Waals surface area contributed by atoms with Crippen LogP contribution in [0.1, 0.15) is 16.1 Å². The Kier molecular flexibility index (Phi) is 1.84. The zero-order valence-corrected chi connectivity index (χ0v) is 8.22. The molecule has 0 radical (unpaired) electrons. The van der Waals surface area contributed by atoms with Crippen molar-refractivity contribution >= 4 is 36.9 Å². The normalized spacial score (nSPS) is 13.7. The van der Waals surface area contributed by atoms with Crippen molar-refractivity contribution in [2.45, 2.75) is 0 Å². The van der Waals surface area contributed by atoms with Gasteiger partial charge in [0.2, 0.25) is 0 Å². The highest BCUT2D eigenvalue weighted by Gasteiger charge is 2.08. The quantitative estimate of drug-likeness (QED) is 0.793. The smallest absolute Gasteiger partial charge is 0.337 e. The fraction of sp³-hybridized carbons (Fsp3) is 0. The lowest BCUT2D eigenvalue weighted by Crippen LogP contribution is -1.95. The van der Waals surface area contributed by atoms with E-state index in [1.165, 1.54) is 0 Å². The van der Waals surface area contributed by atoms with Gasteiger partial charge in [-0.25, -0.2) is 4.79 Å². The van der Waals surface area contributed by atoms with Crippen LogP contribution in [-0.2, 0) is 0 Å². The van der Waals surface area contributed by atoms with Crippen LogP contribution >= 0.6 is 20.7 Å². The van der Waals surface area contributed by atoms with E-state index in [2.05, 4.69) is 8.22 Å². The first-order valence-corrected chi connectivity index (χ1v) is 5.83. The van der Waals surface area contributed by atoms with E-state index in [0.29, 0.717) is 5.56 Å². The zero-order chi connectivity index (χ0) is 8.55. The van der Waals surface area contributed by atoms with E-state index >= 15 is 0 Å². The molecule has 0 aliphatic carbocycles. The summed E-state index contributed by atoms with van der Waals surface area (Å²) in [6, 6.07) is 1.68. The van der Waals surface area contributed by atoms with Crippen LogP contribution in [0.3, 0.4) is 0 Å². The molecule has 0 unspecified atom stereocenters. The minimum atomic E-state index is -0.864. The molecule has 1 aromatic heterocycles. The average molecular weight is 275 g/mol. The Balaban J connectivity index is 2.54. The van der Waals surface area contributed by atoms with Crippen LogP contribution in [0.25, 0.3) is 6.08 Å². The number of hydrogen-bond acceptors (Lipinski definition) is 1. The van der Waals surface area contributed by atoms with E-state index in [9.17, 15) is 4.79 Å². The molecule has 0 saturated heterocycles. The Hall–Kier alpha value is -0.910. The molecule has 0 saturated carbocycles. The van der Waals surface area contributed by atoms with Crippen LogP contribution in [0, 0.1) is 0 Å². The molecule has 1 aliphatic heterocycles. The van der Waals surface area contributed by atoms with Crippen molar-refractivity contribution in [2.24, 2.45) is 0 Å². The molecule has 0 aromatic carbocycles. The largest absolute Gasteiger partial charge is 0.478 e. The second-order valence-corrected chi connectivity index (χ2v) is 4.38. The number of aromatic carboxylic acids is 1. The first kappa shape index (κ1) is 7.72. The molecule has 4 heteroatoms. The van der Waals surface area contributed by atoms with Gasteiger partial charge in [0.15, 0.2) is 0 Å². The Morgan fingerprint density at radius 2 is 2.42 bits per heavy atom. The number of rotatable bonds is 1. The molecule has 0 atom stereocenters. The van der Waals surface area contributed by atoms with Crippen LogP contribution in [0.4, 0.5) is 0 Å². The van der Waals surface area contributed by atoms with Crippen molar-refractivity contribution in [3.63, 3.8) is 0 Å². The monoisotopic (exact) mass is 275 g/mol. The van der Waals surface area contributed by atoms with Gasteiger partial charge in [-0.2, -0.15) is 0 Å². The number of fused-ring (bicyclic) bond motifs is 1. The standard InChI is InChI=1S/C8H6INO2/c11-8(12)6-3-7-1-2-9-5-10(7)4-6/h1-5H,(H,11,12). The molecule has 62 valence electrons. The fourth-order valence-corrected chi connectivity index (χ4v) is 2.62. The molecule has 0 bridgehead atoms. The van der Waals surface area contributed by atoms with Gasteiger partial charge in [0.1, 0.15) is 0 Å². The lowest BCUT2D eigenvalue weighted by atomic mass is 10.3. The Morgan fingerprint density at radius 3 is 3.08 bits per heavy atom. The van der Waals surface area contributed by atoms with Gasteiger partial charge in [0.05, 0.1) is 5.56 Å². The average Bonchev–Trinajstić information content (AvgIpc) is 2.46. The third-order valence-corrected chi connectivity index (χ3v) is 3.29. The van der Waals surface area contributed by atoms with Gasteiger partial charge in [0, 0.05) is 16.0 Å². The van der Waals surface area contributed by atoms with Crippen molar-refractivity contribution in [1.29, 1.82) is 0 Å². The van der Waals surface area contributed by atoms with Crippen molar-refractivity contribution in [3.8, 4) is 0 Å². The first-order valence-electron chi connectivity index (χ1n) is 3.34. The lowest BCUT2D eigenvalue weighted by Gasteiger charge is -1.99. The number of aromatic nitrogens is 1. The Morgan fingerprint density at radius 1 is 1.58 bits per heavy atom. The maximum Gasteiger partial charge on any atom is 0.337 e. The summed E-state index contributed by atoms with van der Waals surface area (Å²) in [5.41, 5.74) is 1.31. The second-order valence-electron chi connectivity index (χ2n) is 2.38. The van der Waals surface area contributed by atoms with Gasteiger partial charge in [-0.05, 0) is 16.2 Å². The van der Waals surface area contributed by atoms with E-state index in [-0.39, 0.29) is 20.7 Å². The van der Waals surface area contributed by atoms with Crippen LogP contribution in [-0.4, -0.2) is 19.8 Å². The summed E-state index contributed by atoms with van der Waals surface area (Å²) >= 11 is -0.0163. The number of carboxylic acids is 1. The third kappa shape index (κ3) is 1.22. The Labute approximate surface area is 79.1 Å². The number of carboxylic acid groups (broad SMARTS) is 1. The maximum atomic E-state index is 10.6. The van der Waals surface area contributed by atoms with Crippen molar-refractivity contribution in [3.05, 3.63) is 27.6 Å². The highest BCUT2D eigenvalue weighted by Crippen LogP contribution is 2.16. The predicted octanol–water partition coefficient (Wildman–Crippen LogP) is 1.75. The molecule has 2 rings (SSSR count). The van der Waals surface area contributed by atoms with Crippen molar-refractivity contribution < 1.29 is 9.90 Å². The summed E-state index contributed by atoms with van der Waals surface area (Å²) in [6.45, 7) is 0. The fourth-order valence-electron chi connectivity index (χ4n) is 1.03. The number of carbonyl (C=O) groups is 1. The summed E-state index contributed by atoms with van der Waals surface area (Å²) in [4.78, 5) is 10.6. The number of halogens is 1. The summed E-state index contributed by atoms with van der Waals surface area (Å²) < 4.78 is 6.05. The minimum Gasteiger partial charge on any atom is -0.478 e. The van der Waals surface area contributed by atoms with Crippen molar-refractivity contribution in [2.75, 3.05) is 0 Å². The lowest BCUT2D eigenvalue weighted by molar-refractivity contribution is 0.0697. The summed E-state index contributed by atoms with van der Waals surface area (Å²) in [5.74, 6) is -0.864. The van der Waals surface area contributed by atoms with E-state index in [4.69, 9.17) is 5.11 Å². The molecule has 1 N–H and O–H groups in total. The van der Waals surface area contributed by atoms with Crippen LogP contribution in [0.5, 0.6) is 0 Å². The SMILES string of the molecule is O=C(O)c1cc2n(c1)C=IC=C2. The van der Waals surface area contributed by atoms with Gasteiger partial charge < -0.3 is 9.67 Å². The summed E-state index contributed by atoms with van der Waals surface area (Å²) in [7, 11) is 0. The number of nitrogens with zero attached hydrogens (tertiary/aromatic N) is 1. The van der Waals surface area contributed by atoms with Gasteiger partial charge >= 0.3 is 5.97 Å². The molecular weight excluding hydrogens is 269 g/mol. The summed E-state index contributed by atoms with van der Waals surface area (Å²) in [6.07, 6.45) is 3.63. The molecule has 1 aromatic rings. The highest BCUT2D eigenvalue weighted by molar-refractivity contribution is 14.2. The van der Waals surface area contributed by atoms with Gasteiger partial charge in [-0.15, -0.1) is 0 Å². The van der Waals surface area contributed by atoms with Crippen LogP contribution in [0.15, 0.2) is 16.3 Å². The maximum absolute atomic E-state index is 10.6. The van der Waals surface area contributed by atoms with Crippen molar-refractivity contribution in [1.82, 2.24) is 4.57 Å². The highest BCUT2D eigenvalue weighted by atomic mass is 127. The van der Waals surface area contributed by atoms with E-state index in [0.717, 1.165) is 5.69 Å². The molecule has 1 aliphatic rings. The third-order valence-electron chi connectivity index (χ3n) is 1.59. The van der Waals surface area contributed by atoms with Gasteiger partial charge in [0.25, 0.3) is 0 Å². The van der Waals surface area contributed by atoms with E-state index in [1.54, 1.807) is 12.3 Å². The van der Waals surface area contributed by atoms with Crippen LogP contribution < -0.4 is 0 Å². The first-order chi connectivity index (χ1) is 5.77. The molecule has 2 heterocycles. The molecule has 0 spiro atoms. The topological polar surface area (TPSA) is 42.2 Å². The molecule has 3 nitrogen and oxygen atoms in total. The summed E-state index contributed by atoms with van der Waals surface area (Å²) in [5, 5.41) is 8.69. The molecular formula is C8H6INO2. The minimum absolute atomic E-state index is 0.0163. The van der Waals surface area contributed by atoms with E-state index < -0.39 is 5.97 Å². The molecule has 12 heavy (non-hydrogen) atoms. The second kappa shape index (κ2) is 2.85. The Bertz CT molecular complexity index is 360. The zero-order valence-electron chi connectivity index (χ0n) is 6.07. The van der Waals surface area contributed by atoms with E-state index in [1.807, 2.05) is 10.6 Å². The van der Waals surface area contributed by atoms with Gasteiger partial charge in [-0.1, -0.05) is 20.7 Å². The van der Waals surface area contributed by atoms with Gasteiger partial charge in [-0.3, -0.25) is 0 Å². The molecule has 0 amide bonds. The van der Waals surface area contributed by atoms with Crippen LogP contribution in [0.2, 0.25) is 0 Å². The number of hydrogen-bond donors (Lipinski definition) is 1. The molecule has 0 fully saturated rings. The predicted molar refractivity (Wildman–Crippen MR) is 55.9 cm³/mol.